The number of halogens is 1. The molecule has 0 spiro atoms. The first-order valence-corrected chi connectivity index (χ1v) is 8.87. The van der Waals surface area contributed by atoms with E-state index >= 15 is 0 Å². The summed E-state index contributed by atoms with van der Waals surface area (Å²) in [4.78, 5) is 15.2. The van der Waals surface area contributed by atoms with Crippen LogP contribution in [0.15, 0.2) is 23.4 Å². The van der Waals surface area contributed by atoms with Crippen LogP contribution in [0.2, 0.25) is 5.02 Å². The van der Waals surface area contributed by atoms with Crippen molar-refractivity contribution in [1.29, 1.82) is 0 Å². The molecular formula is C13H15ClN2O2S2. The number of thioether (sulfide) groups is 2. The zero-order valence-corrected chi connectivity index (χ0v) is 13.4. The molecule has 0 unspecified atom stereocenters. The van der Waals surface area contributed by atoms with E-state index in [1.54, 1.807) is 11.8 Å². The molecule has 0 aliphatic heterocycles. The average Bonchev–Trinajstić information content (AvgIpc) is 2.74. The van der Waals surface area contributed by atoms with Crippen molar-refractivity contribution in [2.45, 2.75) is 18.1 Å². The third-order valence-electron chi connectivity index (χ3n) is 2.73. The number of hydrogen-bond acceptors (Lipinski definition) is 4. The Morgan fingerprint density at radius 2 is 2.30 bits per heavy atom. The summed E-state index contributed by atoms with van der Waals surface area (Å²) in [6, 6.07) is 5.59. The van der Waals surface area contributed by atoms with E-state index in [0.717, 1.165) is 34.9 Å². The van der Waals surface area contributed by atoms with Crippen LogP contribution in [-0.2, 0) is 11.3 Å². The summed E-state index contributed by atoms with van der Waals surface area (Å²) in [5.74, 6) is 0.242. The van der Waals surface area contributed by atoms with Gasteiger partial charge in [0.15, 0.2) is 5.16 Å². The lowest BCUT2D eigenvalue weighted by Crippen LogP contribution is -2.04. The van der Waals surface area contributed by atoms with E-state index in [0.29, 0.717) is 5.02 Å². The summed E-state index contributed by atoms with van der Waals surface area (Å²) in [6.45, 7) is 0.834. The third kappa shape index (κ3) is 3.84. The average molecular weight is 331 g/mol. The molecule has 2 rings (SSSR count). The van der Waals surface area contributed by atoms with Crippen molar-refractivity contribution in [3.05, 3.63) is 23.2 Å². The topological polar surface area (TPSA) is 55.1 Å². The Morgan fingerprint density at radius 1 is 1.50 bits per heavy atom. The highest BCUT2D eigenvalue weighted by atomic mass is 35.5. The van der Waals surface area contributed by atoms with E-state index in [1.807, 2.05) is 18.2 Å². The Bertz CT molecular complexity index is 616. The van der Waals surface area contributed by atoms with Crippen LogP contribution in [0.1, 0.15) is 6.42 Å². The Balaban J connectivity index is 2.31. The summed E-state index contributed by atoms with van der Waals surface area (Å²) in [7, 11) is 0. The number of nitrogens with zero attached hydrogens (tertiary/aromatic N) is 2. The molecule has 1 heterocycles. The summed E-state index contributed by atoms with van der Waals surface area (Å²) in [5, 5.41) is 10.2. The summed E-state index contributed by atoms with van der Waals surface area (Å²) in [6.07, 6.45) is 3.10. The lowest BCUT2D eigenvalue weighted by molar-refractivity contribution is -0.133. The second-order valence-electron chi connectivity index (χ2n) is 4.21. The minimum atomic E-state index is -0.837. The molecule has 4 nitrogen and oxygen atoms in total. The number of aryl methyl sites for hydroxylation is 1. The van der Waals surface area contributed by atoms with Crippen molar-refractivity contribution >= 4 is 52.1 Å². The monoisotopic (exact) mass is 330 g/mol. The molecule has 1 N–H and O–H groups in total. The van der Waals surface area contributed by atoms with E-state index in [4.69, 9.17) is 16.7 Å². The molecule has 7 heteroatoms. The number of imidazole rings is 1. The van der Waals surface area contributed by atoms with E-state index in [-0.39, 0.29) is 5.75 Å². The van der Waals surface area contributed by atoms with Gasteiger partial charge in [0, 0.05) is 11.6 Å². The number of aromatic nitrogens is 2. The number of carbonyl (C=O) groups is 1. The molecule has 1 aromatic heterocycles. The lowest BCUT2D eigenvalue weighted by atomic mass is 10.3. The predicted molar refractivity (Wildman–Crippen MR) is 86.1 cm³/mol. The highest BCUT2D eigenvalue weighted by Crippen LogP contribution is 2.26. The fourth-order valence-electron chi connectivity index (χ4n) is 1.90. The fraction of sp³-hybridized carbons (Fsp3) is 0.385. The van der Waals surface area contributed by atoms with E-state index in [2.05, 4.69) is 15.8 Å². The highest BCUT2D eigenvalue weighted by Gasteiger charge is 2.12. The lowest BCUT2D eigenvalue weighted by Gasteiger charge is -2.07. The summed E-state index contributed by atoms with van der Waals surface area (Å²) in [5.41, 5.74) is 1.82. The van der Waals surface area contributed by atoms with Gasteiger partial charge < -0.3 is 9.67 Å². The first-order valence-electron chi connectivity index (χ1n) is 6.11. The van der Waals surface area contributed by atoms with E-state index in [1.165, 1.54) is 11.8 Å². The van der Waals surface area contributed by atoms with Crippen LogP contribution < -0.4 is 0 Å². The molecule has 0 aliphatic carbocycles. The Morgan fingerprint density at radius 3 is 3.00 bits per heavy atom. The number of fused-ring (bicyclic) bond motifs is 1. The second-order valence-corrected chi connectivity index (χ2v) is 6.57. The summed E-state index contributed by atoms with van der Waals surface area (Å²) >= 11 is 9.03. The van der Waals surface area contributed by atoms with Gasteiger partial charge in [-0.1, -0.05) is 23.4 Å². The fourth-order valence-corrected chi connectivity index (χ4v) is 3.25. The molecule has 108 valence electrons. The van der Waals surface area contributed by atoms with Gasteiger partial charge in [0.05, 0.1) is 16.8 Å². The number of rotatable bonds is 7. The van der Waals surface area contributed by atoms with Gasteiger partial charge in [-0.05, 0) is 36.6 Å². The quantitative estimate of drug-likeness (QED) is 0.620. The SMILES string of the molecule is CSCCCn1c(SCC(=O)O)nc2cc(Cl)ccc21. The van der Waals surface area contributed by atoms with Crippen LogP contribution in [0.4, 0.5) is 0 Å². The molecule has 1 aromatic carbocycles. The maximum Gasteiger partial charge on any atom is 0.313 e. The van der Waals surface area contributed by atoms with Gasteiger partial charge in [-0.25, -0.2) is 4.98 Å². The molecule has 0 atom stereocenters. The minimum Gasteiger partial charge on any atom is -0.481 e. The molecule has 20 heavy (non-hydrogen) atoms. The van der Waals surface area contributed by atoms with Gasteiger partial charge >= 0.3 is 5.97 Å². The Hall–Kier alpha value is -0.850. The van der Waals surface area contributed by atoms with Crippen LogP contribution >= 0.6 is 35.1 Å². The molecule has 0 saturated heterocycles. The Kier molecular flexibility index (Phi) is 5.63. The maximum atomic E-state index is 10.7. The number of benzene rings is 1. The number of carboxylic acids is 1. The van der Waals surface area contributed by atoms with Crippen LogP contribution in [0, 0.1) is 0 Å². The van der Waals surface area contributed by atoms with Crippen molar-refractivity contribution in [3.8, 4) is 0 Å². The number of carboxylic acid groups (broad SMARTS) is 1. The normalized spacial score (nSPS) is 11.1. The van der Waals surface area contributed by atoms with Crippen molar-refractivity contribution in [1.82, 2.24) is 9.55 Å². The van der Waals surface area contributed by atoms with E-state index < -0.39 is 5.97 Å². The van der Waals surface area contributed by atoms with Gasteiger partial charge in [-0.2, -0.15) is 11.8 Å². The highest BCUT2D eigenvalue weighted by molar-refractivity contribution is 7.99. The molecule has 0 saturated carbocycles. The molecule has 2 aromatic rings. The smallest absolute Gasteiger partial charge is 0.313 e. The maximum absolute atomic E-state index is 10.7. The van der Waals surface area contributed by atoms with E-state index in [9.17, 15) is 4.79 Å². The van der Waals surface area contributed by atoms with Gasteiger partial charge in [-0.15, -0.1) is 0 Å². The van der Waals surface area contributed by atoms with Crippen LogP contribution in [0.3, 0.4) is 0 Å². The number of aliphatic carboxylic acids is 1. The zero-order valence-electron chi connectivity index (χ0n) is 11.0. The number of hydrogen-bond donors (Lipinski definition) is 1. The van der Waals surface area contributed by atoms with Gasteiger partial charge in [0.2, 0.25) is 0 Å². The molecule has 0 bridgehead atoms. The molecule has 0 amide bonds. The first-order chi connectivity index (χ1) is 9.61. The summed E-state index contributed by atoms with van der Waals surface area (Å²) < 4.78 is 2.08. The zero-order chi connectivity index (χ0) is 14.5. The van der Waals surface area contributed by atoms with Crippen molar-refractivity contribution < 1.29 is 9.90 Å². The largest absolute Gasteiger partial charge is 0.481 e. The van der Waals surface area contributed by atoms with Crippen molar-refractivity contribution in [2.24, 2.45) is 0 Å². The standard InChI is InChI=1S/C13H15ClN2O2S2/c1-19-6-2-5-16-11-4-3-9(14)7-10(11)15-13(16)20-8-12(17)18/h3-4,7H,2,5-6,8H2,1H3,(H,17,18). The van der Waals surface area contributed by atoms with Crippen LogP contribution in [0.5, 0.6) is 0 Å². The molecular weight excluding hydrogens is 316 g/mol. The third-order valence-corrected chi connectivity index (χ3v) is 4.62. The Labute approximate surface area is 130 Å². The van der Waals surface area contributed by atoms with Gasteiger partial charge in [0.25, 0.3) is 0 Å². The van der Waals surface area contributed by atoms with Crippen LogP contribution in [-0.4, -0.2) is 38.4 Å². The molecule has 0 radical (unpaired) electrons. The van der Waals surface area contributed by atoms with Crippen LogP contribution in [0.25, 0.3) is 11.0 Å². The molecule has 0 fully saturated rings. The van der Waals surface area contributed by atoms with Gasteiger partial charge in [-0.3, -0.25) is 4.79 Å². The minimum absolute atomic E-state index is 0.0135. The first kappa shape index (κ1) is 15.5. The second kappa shape index (κ2) is 7.24. The predicted octanol–water partition coefficient (Wildman–Crippen LogP) is 3.62. The van der Waals surface area contributed by atoms with Gasteiger partial charge in [0.1, 0.15) is 0 Å². The van der Waals surface area contributed by atoms with Crippen molar-refractivity contribution in [2.75, 3.05) is 17.8 Å². The van der Waals surface area contributed by atoms with Crippen molar-refractivity contribution in [3.63, 3.8) is 0 Å². The molecule has 0 aliphatic rings.